The van der Waals surface area contributed by atoms with Gasteiger partial charge in [-0.15, -0.1) is 0 Å². The summed E-state index contributed by atoms with van der Waals surface area (Å²) in [4.78, 5) is 39.5. The van der Waals surface area contributed by atoms with E-state index in [9.17, 15) is 14.4 Å². The van der Waals surface area contributed by atoms with Crippen molar-refractivity contribution >= 4 is 41.2 Å². The fourth-order valence-electron chi connectivity index (χ4n) is 3.96. The number of carbonyl (C=O) groups is 3. The molecule has 6 nitrogen and oxygen atoms in total. The average molecular weight is 489 g/mol. The van der Waals surface area contributed by atoms with Crippen LogP contribution in [0.5, 0.6) is 5.75 Å². The lowest BCUT2D eigenvalue weighted by molar-refractivity contribution is -0.122. The number of urea groups is 1. The summed E-state index contributed by atoms with van der Waals surface area (Å²) in [5.41, 5.74) is 4.51. The van der Waals surface area contributed by atoms with Gasteiger partial charge in [-0.2, -0.15) is 0 Å². The maximum Gasteiger partial charge on any atom is 0.335 e. The molecule has 0 radical (unpaired) electrons. The zero-order valence-electron chi connectivity index (χ0n) is 19.7. The lowest BCUT2D eigenvalue weighted by Crippen LogP contribution is -2.54. The van der Waals surface area contributed by atoms with Crippen molar-refractivity contribution in [1.29, 1.82) is 0 Å². The standard InChI is InChI=1S/C28H25ClN2O4/c1-4-35-25-15-19(12-13-21(25)16-20-9-5-6-10-23(20)29)14-22-26(32)30-28(34)31(27(22)33)24-11-7-8-17(2)18(24)3/h5-15H,4,16H2,1-3H3,(H,30,32,34)/b22-14+. The molecule has 3 aromatic carbocycles. The van der Waals surface area contributed by atoms with Crippen LogP contribution in [0.2, 0.25) is 5.02 Å². The number of ether oxygens (including phenoxy) is 1. The Morgan fingerprint density at radius 3 is 2.49 bits per heavy atom. The number of halogens is 1. The fourth-order valence-corrected chi connectivity index (χ4v) is 4.17. The Morgan fingerprint density at radius 2 is 1.74 bits per heavy atom. The van der Waals surface area contributed by atoms with E-state index in [0.717, 1.165) is 27.2 Å². The van der Waals surface area contributed by atoms with E-state index in [1.54, 1.807) is 24.3 Å². The topological polar surface area (TPSA) is 75.7 Å². The van der Waals surface area contributed by atoms with Crippen LogP contribution in [0.1, 0.15) is 34.7 Å². The zero-order valence-corrected chi connectivity index (χ0v) is 20.5. The summed E-state index contributed by atoms with van der Waals surface area (Å²) in [6, 6.07) is 17.7. The number of rotatable bonds is 6. The SMILES string of the molecule is CCOc1cc(/C=C2\C(=O)NC(=O)N(c3cccc(C)c3C)C2=O)ccc1Cc1ccccc1Cl. The molecule has 1 fully saturated rings. The smallest absolute Gasteiger partial charge is 0.335 e. The summed E-state index contributed by atoms with van der Waals surface area (Å²) in [5, 5.41) is 2.95. The van der Waals surface area contributed by atoms with Crippen molar-refractivity contribution in [3.05, 3.63) is 99.1 Å². The molecule has 0 unspecified atom stereocenters. The molecular weight excluding hydrogens is 464 g/mol. The van der Waals surface area contributed by atoms with E-state index in [1.165, 1.54) is 6.08 Å². The minimum Gasteiger partial charge on any atom is -0.494 e. The summed E-state index contributed by atoms with van der Waals surface area (Å²) in [5.74, 6) is -0.780. The zero-order chi connectivity index (χ0) is 25.1. The highest BCUT2D eigenvalue weighted by atomic mass is 35.5. The number of imide groups is 2. The molecular formula is C28H25ClN2O4. The number of anilines is 1. The molecule has 7 heteroatoms. The van der Waals surface area contributed by atoms with Gasteiger partial charge in [-0.3, -0.25) is 14.9 Å². The lowest BCUT2D eigenvalue weighted by atomic mass is 10.00. The lowest BCUT2D eigenvalue weighted by Gasteiger charge is -2.28. The van der Waals surface area contributed by atoms with Crippen LogP contribution in [0, 0.1) is 13.8 Å². The normalized spacial score (nSPS) is 14.9. The van der Waals surface area contributed by atoms with Crippen molar-refractivity contribution in [2.75, 3.05) is 11.5 Å². The van der Waals surface area contributed by atoms with Gasteiger partial charge in [-0.25, -0.2) is 9.69 Å². The fraction of sp³-hybridized carbons (Fsp3) is 0.179. The Labute approximate surface area is 209 Å². The van der Waals surface area contributed by atoms with Crippen LogP contribution in [0.4, 0.5) is 10.5 Å². The number of benzene rings is 3. The van der Waals surface area contributed by atoms with Crippen molar-refractivity contribution in [3.63, 3.8) is 0 Å². The number of hydrogen-bond donors (Lipinski definition) is 1. The molecule has 1 aliphatic heterocycles. The highest BCUT2D eigenvalue weighted by Gasteiger charge is 2.37. The van der Waals surface area contributed by atoms with Crippen LogP contribution in [0.25, 0.3) is 6.08 Å². The maximum absolute atomic E-state index is 13.3. The van der Waals surface area contributed by atoms with Crippen LogP contribution in [0.15, 0.2) is 66.2 Å². The Hall–Kier alpha value is -3.90. The number of amides is 4. The molecule has 178 valence electrons. The molecule has 0 saturated carbocycles. The van der Waals surface area contributed by atoms with E-state index >= 15 is 0 Å². The molecule has 1 N–H and O–H groups in total. The van der Waals surface area contributed by atoms with Crippen LogP contribution < -0.4 is 15.0 Å². The first-order valence-electron chi connectivity index (χ1n) is 11.3. The molecule has 0 aliphatic carbocycles. The Bertz CT molecular complexity index is 1360. The molecule has 0 bridgehead atoms. The molecule has 1 heterocycles. The monoisotopic (exact) mass is 488 g/mol. The number of carbonyl (C=O) groups excluding carboxylic acids is 3. The van der Waals surface area contributed by atoms with Gasteiger partial charge in [0.2, 0.25) is 0 Å². The maximum atomic E-state index is 13.3. The van der Waals surface area contributed by atoms with Crippen molar-refractivity contribution in [2.24, 2.45) is 0 Å². The molecule has 0 aromatic heterocycles. The summed E-state index contributed by atoms with van der Waals surface area (Å²) in [6.45, 7) is 6.06. The van der Waals surface area contributed by atoms with Crippen molar-refractivity contribution < 1.29 is 19.1 Å². The molecule has 0 atom stereocenters. The third kappa shape index (κ3) is 4.98. The van der Waals surface area contributed by atoms with Gasteiger partial charge < -0.3 is 4.74 Å². The number of nitrogens with zero attached hydrogens (tertiary/aromatic N) is 1. The Balaban J connectivity index is 1.70. The van der Waals surface area contributed by atoms with E-state index in [4.69, 9.17) is 16.3 Å². The van der Waals surface area contributed by atoms with Crippen molar-refractivity contribution in [3.8, 4) is 5.75 Å². The third-order valence-electron chi connectivity index (χ3n) is 5.96. The molecule has 4 rings (SSSR count). The molecule has 0 spiro atoms. The Kier molecular flexibility index (Phi) is 7.03. The summed E-state index contributed by atoms with van der Waals surface area (Å²) in [7, 11) is 0. The quantitative estimate of drug-likeness (QED) is 0.361. The molecule has 3 aromatic rings. The molecule has 1 saturated heterocycles. The van der Waals surface area contributed by atoms with E-state index in [2.05, 4.69) is 5.32 Å². The molecule has 35 heavy (non-hydrogen) atoms. The number of hydrogen-bond acceptors (Lipinski definition) is 4. The Morgan fingerprint density at radius 1 is 0.971 bits per heavy atom. The van der Waals surface area contributed by atoms with Gasteiger partial charge in [0, 0.05) is 11.4 Å². The van der Waals surface area contributed by atoms with E-state index < -0.39 is 17.8 Å². The summed E-state index contributed by atoms with van der Waals surface area (Å²) >= 11 is 6.33. The van der Waals surface area contributed by atoms with Gasteiger partial charge in [0.1, 0.15) is 11.3 Å². The van der Waals surface area contributed by atoms with E-state index in [-0.39, 0.29) is 5.57 Å². The van der Waals surface area contributed by atoms with Crippen LogP contribution in [-0.4, -0.2) is 24.5 Å². The van der Waals surface area contributed by atoms with Crippen LogP contribution in [0.3, 0.4) is 0 Å². The predicted molar refractivity (Wildman–Crippen MR) is 137 cm³/mol. The van der Waals surface area contributed by atoms with Gasteiger partial charge in [0.25, 0.3) is 11.8 Å². The predicted octanol–water partition coefficient (Wildman–Crippen LogP) is 5.61. The van der Waals surface area contributed by atoms with Crippen molar-refractivity contribution in [1.82, 2.24) is 5.32 Å². The van der Waals surface area contributed by atoms with E-state index in [0.29, 0.717) is 35.1 Å². The van der Waals surface area contributed by atoms with Crippen LogP contribution in [-0.2, 0) is 16.0 Å². The second kappa shape index (κ2) is 10.2. The minimum absolute atomic E-state index is 0.133. The minimum atomic E-state index is -0.768. The highest BCUT2D eigenvalue weighted by molar-refractivity contribution is 6.39. The third-order valence-corrected chi connectivity index (χ3v) is 6.33. The van der Waals surface area contributed by atoms with Crippen molar-refractivity contribution in [2.45, 2.75) is 27.2 Å². The first-order chi connectivity index (χ1) is 16.8. The van der Waals surface area contributed by atoms with Gasteiger partial charge in [0.15, 0.2) is 0 Å². The van der Waals surface area contributed by atoms with Gasteiger partial charge in [-0.1, -0.05) is 54.1 Å². The second-order valence-corrected chi connectivity index (χ2v) is 8.65. The van der Waals surface area contributed by atoms with E-state index in [1.807, 2.05) is 57.2 Å². The van der Waals surface area contributed by atoms with Crippen LogP contribution >= 0.6 is 11.6 Å². The number of nitrogens with one attached hydrogen (secondary N) is 1. The molecule has 1 aliphatic rings. The number of aryl methyl sites for hydroxylation is 1. The van der Waals surface area contributed by atoms with Gasteiger partial charge >= 0.3 is 6.03 Å². The van der Waals surface area contributed by atoms with Gasteiger partial charge in [-0.05, 0) is 72.9 Å². The first kappa shape index (κ1) is 24.2. The largest absolute Gasteiger partial charge is 0.494 e. The van der Waals surface area contributed by atoms with Gasteiger partial charge in [0.05, 0.1) is 12.3 Å². The second-order valence-electron chi connectivity index (χ2n) is 8.25. The summed E-state index contributed by atoms with van der Waals surface area (Å²) < 4.78 is 5.85. The highest BCUT2D eigenvalue weighted by Crippen LogP contribution is 2.30. The first-order valence-corrected chi connectivity index (χ1v) is 11.6. The number of barbiturate groups is 1. The molecule has 4 amide bonds. The average Bonchev–Trinajstić information content (AvgIpc) is 2.82. The summed E-state index contributed by atoms with van der Waals surface area (Å²) in [6.07, 6.45) is 2.05.